The summed E-state index contributed by atoms with van der Waals surface area (Å²) >= 11 is 0. The van der Waals surface area contributed by atoms with Gasteiger partial charge < -0.3 is 9.64 Å². The fraction of sp³-hybridized carbons (Fsp3) is 0.704. The Kier molecular flexibility index (Phi) is 4.88. The highest BCUT2D eigenvalue weighted by Gasteiger charge is 2.62. The quantitative estimate of drug-likeness (QED) is 0.642. The van der Waals surface area contributed by atoms with E-state index in [0.29, 0.717) is 47.1 Å². The van der Waals surface area contributed by atoms with Gasteiger partial charge in [-0.1, -0.05) is 20.8 Å². The summed E-state index contributed by atoms with van der Waals surface area (Å²) in [5, 5.41) is 9.04. The van der Waals surface area contributed by atoms with E-state index >= 15 is 0 Å². The molecule has 1 aromatic carbocycles. The molecule has 0 radical (unpaired) electrons. The summed E-state index contributed by atoms with van der Waals surface area (Å²) in [6.45, 7) is 7.45. The molecule has 3 aliphatic carbocycles. The second-order valence-electron chi connectivity index (χ2n) is 11.5. The van der Waals surface area contributed by atoms with Crippen molar-refractivity contribution < 1.29 is 9.53 Å². The molecule has 4 aliphatic rings. The second-order valence-corrected chi connectivity index (χ2v) is 11.5. The van der Waals surface area contributed by atoms with Gasteiger partial charge in [-0.3, -0.25) is 4.79 Å². The SMILES string of the molecule is C[C@H]1C[C@H]2N(C)C(=O)CC[C@]2(C)[C@H]2CC[C@]3(C)C[C@@H](Oc4ccc(C#N)cc4)C[C@H]3[C@@H]12. The number of nitrogens with zero attached hydrogens (tertiary/aromatic N) is 2. The maximum absolute atomic E-state index is 12.4. The molecule has 1 aromatic rings. The van der Waals surface area contributed by atoms with Gasteiger partial charge in [0.05, 0.1) is 17.7 Å². The summed E-state index contributed by atoms with van der Waals surface area (Å²) in [5.41, 5.74) is 1.29. The van der Waals surface area contributed by atoms with Gasteiger partial charge in [0.25, 0.3) is 0 Å². The zero-order chi connectivity index (χ0) is 22.0. The molecule has 4 nitrogen and oxygen atoms in total. The van der Waals surface area contributed by atoms with Gasteiger partial charge in [-0.25, -0.2) is 0 Å². The predicted molar refractivity (Wildman–Crippen MR) is 120 cm³/mol. The lowest BCUT2D eigenvalue weighted by atomic mass is 9.45. The number of carbonyl (C=O) groups excluding carboxylic acids is 1. The minimum atomic E-state index is 0.257. The summed E-state index contributed by atoms with van der Waals surface area (Å²) in [6, 6.07) is 10.2. The average Bonchev–Trinajstić information content (AvgIpc) is 3.09. The first kappa shape index (κ1) is 20.9. The van der Waals surface area contributed by atoms with Crippen LogP contribution in [0.3, 0.4) is 0 Å². The van der Waals surface area contributed by atoms with E-state index in [1.807, 2.05) is 31.3 Å². The molecule has 3 saturated carbocycles. The minimum absolute atomic E-state index is 0.257. The molecule has 5 rings (SSSR count). The number of rotatable bonds is 2. The molecule has 1 heterocycles. The van der Waals surface area contributed by atoms with E-state index in [2.05, 4.69) is 31.7 Å². The Balaban J connectivity index is 1.38. The van der Waals surface area contributed by atoms with Crippen LogP contribution in [0.2, 0.25) is 0 Å². The van der Waals surface area contributed by atoms with Gasteiger partial charge in [0.2, 0.25) is 5.91 Å². The molecular weight excluding hydrogens is 384 g/mol. The molecule has 0 bridgehead atoms. The third kappa shape index (κ3) is 3.19. The van der Waals surface area contributed by atoms with Crippen molar-refractivity contribution in [3.05, 3.63) is 29.8 Å². The number of carbonyl (C=O) groups is 1. The normalized spacial score (nSPS) is 44.1. The van der Waals surface area contributed by atoms with Crippen LogP contribution in [0.15, 0.2) is 24.3 Å². The first-order valence-electron chi connectivity index (χ1n) is 12.2. The van der Waals surface area contributed by atoms with E-state index in [-0.39, 0.29) is 11.5 Å². The fourth-order valence-corrected chi connectivity index (χ4v) is 8.35. The van der Waals surface area contributed by atoms with Crippen LogP contribution in [0.25, 0.3) is 0 Å². The number of piperidine rings is 1. The molecule has 0 unspecified atom stereocenters. The van der Waals surface area contributed by atoms with Crippen LogP contribution >= 0.6 is 0 Å². The number of hydrogen-bond donors (Lipinski definition) is 0. The maximum Gasteiger partial charge on any atom is 0.222 e. The van der Waals surface area contributed by atoms with Crippen molar-refractivity contribution >= 4 is 5.91 Å². The molecule has 1 aliphatic heterocycles. The Morgan fingerprint density at radius 3 is 2.58 bits per heavy atom. The van der Waals surface area contributed by atoms with E-state index in [1.165, 1.54) is 12.8 Å². The highest BCUT2D eigenvalue weighted by Crippen LogP contribution is 2.66. The molecule has 8 atom stereocenters. The molecule has 166 valence electrons. The Morgan fingerprint density at radius 2 is 1.87 bits per heavy atom. The smallest absolute Gasteiger partial charge is 0.222 e. The Bertz CT molecular complexity index is 905. The third-order valence-electron chi connectivity index (χ3n) is 9.95. The summed E-state index contributed by atoms with van der Waals surface area (Å²) in [5.74, 6) is 4.02. The number of nitriles is 1. The van der Waals surface area contributed by atoms with Crippen LogP contribution in [0, 0.1) is 45.8 Å². The first-order valence-corrected chi connectivity index (χ1v) is 12.2. The van der Waals surface area contributed by atoms with Crippen molar-refractivity contribution in [3.63, 3.8) is 0 Å². The zero-order valence-electron chi connectivity index (χ0n) is 19.4. The molecule has 31 heavy (non-hydrogen) atoms. The molecule has 4 fully saturated rings. The molecule has 1 amide bonds. The predicted octanol–water partition coefficient (Wildman–Crippen LogP) is 5.42. The van der Waals surface area contributed by atoms with Crippen LogP contribution < -0.4 is 4.74 Å². The number of amides is 1. The lowest BCUT2D eigenvalue weighted by Crippen LogP contribution is -2.62. The Labute approximate surface area is 186 Å². The zero-order valence-corrected chi connectivity index (χ0v) is 19.4. The number of likely N-dealkylation sites (tertiary alicyclic amines) is 1. The van der Waals surface area contributed by atoms with Crippen molar-refractivity contribution in [1.82, 2.24) is 4.90 Å². The van der Waals surface area contributed by atoms with Gasteiger partial charge in [0.1, 0.15) is 5.75 Å². The Hall–Kier alpha value is -2.02. The van der Waals surface area contributed by atoms with E-state index in [1.54, 1.807) is 0 Å². The summed E-state index contributed by atoms with van der Waals surface area (Å²) < 4.78 is 6.45. The molecule has 4 heteroatoms. The van der Waals surface area contributed by atoms with Crippen LogP contribution in [0.5, 0.6) is 5.75 Å². The summed E-state index contributed by atoms with van der Waals surface area (Å²) in [6.07, 6.45) is 8.02. The molecule has 0 aromatic heterocycles. The Morgan fingerprint density at radius 1 is 1.13 bits per heavy atom. The summed E-state index contributed by atoms with van der Waals surface area (Å²) in [4.78, 5) is 14.5. The van der Waals surface area contributed by atoms with Gasteiger partial charge in [0, 0.05) is 19.5 Å². The maximum atomic E-state index is 12.4. The number of fused-ring (bicyclic) bond motifs is 5. The van der Waals surface area contributed by atoms with Crippen LogP contribution in [-0.2, 0) is 4.79 Å². The number of benzene rings is 1. The second kappa shape index (κ2) is 7.26. The van der Waals surface area contributed by atoms with Crippen LogP contribution in [-0.4, -0.2) is 30.0 Å². The molecule has 0 spiro atoms. The summed E-state index contributed by atoms with van der Waals surface area (Å²) in [7, 11) is 2.04. The highest BCUT2D eigenvalue weighted by molar-refractivity contribution is 5.77. The van der Waals surface area contributed by atoms with E-state index in [9.17, 15) is 4.79 Å². The van der Waals surface area contributed by atoms with Crippen molar-refractivity contribution in [3.8, 4) is 11.8 Å². The van der Waals surface area contributed by atoms with Gasteiger partial charge in [-0.05, 0) is 97.3 Å². The van der Waals surface area contributed by atoms with Crippen LogP contribution in [0.1, 0.15) is 71.3 Å². The first-order chi connectivity index (χ1) is 14.7. The molecular formula is C27H36N2O2. The van der Waals surface area contributed by atoms with Crippen molar-refractivity contribution in [1.29, 1.82) is 5.26 Å². The lowest BCUT2D eigenvalue weighted by Gasteiger charge is -2.63. The third-order valence-corrected chi connectivity index (χ3v) is 9.95. The van der Waals surface area contributed by atoms with Gasteiger partial charge in [-0.15, -0.1) is 0 Å². The number of hydrogen-bond acceptors (Lipinski definition) is 3. The van der Waals surface area contributed by atoms with Crippen molar-refractivity contribution in [2.45, 2.75) is 77.9 Å². The highest BCUT2D eigenvalue weighted by atomic mass is 16.5. The largest absolute Gasteiger partial charge is 0.490 e. The van der Waals surface area contributed by atoms with Gasteiger partial charge in [-0.2, -0.15) is 5.26 Å². The lowest BCUT2D eigenvalue weighted by molar-refractivity contribution is -0.164. The molecule has 0 N–H and O–H groups in total. The standard InChI is InChI=1S/C27H36N2O2/c1-17-13-23-27(3,12-10-24(30)29(23)4)21-9-11-26(2)15-20(14-22(26)25(17)21)31-19-7-5-18(16-28)6-8-19/h5-8,17,20-23,25H,9-15H2,1-4H3/t17-,20-,21-,22-,23+,25-,26+,27+/m0/s1. The van der Waals surface area contributed by atoms with Gasteiger partial charge in [0.15, 0.2) is 0 Å². The van der Waals surface area contributed by atoms with Crippen LogP contribution in [0.4, 0.5) is 0 Å². The van der Waals surface area contributed by atoms with Gasteiger partial charge >= 0.3 is 0 Å². The van der Waals surface area contributed by atoms with Crippen molar-refractivity contribution in [2.24, 2.45) is 34.5 Å². The monoisotopic (exact) mass is 420 g/mol. The van der Waals surface area contributed by atoms with E-state index < -0.39 is 0 Å². The minimum Gasteiger partial charge on any atom is -0.490 e. The average molecular weight is 421 g/mol. The molecule has 1 saturated heterocycles. The van der Waals surface area contributed by atoms with E-state index in [4.69, 9.17) is 10.00 Å². The van der Waals surface area contributed by atoms with E-state index in [0.717, 1.165) is 37.4 Å². The fourth-order valence-electron chi connectivity index (χ4n) is 8.35. The van der Waals surface area contributed by atoms with Crippen molar-refractivity contribution in [2.75, 3.05) is 7.05 Å². The topological polar surface area (TPSA) is 53.3 Å². The number of ether oxygens (including phenoxy) is 1.